The number of nitrogens with zero attached hydrogens (tertiary/aromatic N) is 1. The molecular weight excluding hydrogens is 543 g/mol. The van der Waals surface area contributed by atoms with Crippen molar-refractivity contribution in [1.82, 2.24) is 10.3 Å². The second kappa shape index (κ2) is 11.3. The number of sulfonamides is 1. The molecule has 2 aromatic carbocycles. The summed E-state index contributed by atoms with van der Waals surface area (Å²) in [5.41, 5.74) is -2.07. The van der Waals surface area contributed by atoms with Crippen molar-refractivity contribution >= 4 is 38.2 Å². The number of hydrogen-bond acceptors (Lipinski definition) is 5. The van der Waals surface area contributed by atoms with Crippen molar-refractivity contribution in [2.24, 2.45) is 0 Å². The first-order chi connectivity index (χ1) is 18.4. The molecule has 7 nitrogen and oxygen atoms in total. The molecule has 4 rings (SSSR count). The zero-order valence-corrected chi connectivity index (χ0v) is 21.7. The van der Waals surface area contributed by atoms with Crippen molar-refractivity contribution in [2.45, 2.75) is 57.3 Å². The van der Waals surface area contributed by atoms with E-state index >= 15 is 4.39 Å². The summed E-state index contributed by atoms with van der Waals surface area (Å²) >= 11 is 0. The van der Waals surface area contributed by atoms with Gasteiger partial charge in [0.05, 0.1) is 17.0 Å². The summed E-state index contributed by atoms with van der Waals surface area (Å²) in [4.78, 5) is 16.6. The van der Waals surface area contributed by atoms with Crippen LogP contribution in [-0.2, 0) is 16.2 Å². The van der Waals surface area contributed by atoms with Crippen LogP contribution in [0.4, 0.5) is 33.3 Å². The zero-order chi connectivity index (χ0) is 28.4. The molecule has 0 bridgehead atoms. The summed E-state index contributed by atoms with van der Waals surface area (Å²) < 4.78 is 95.9. The van der Waals surface area contributed by atoms with Gasteiger partial charge < -0.3 is 10.6 Å². The molecule has 0 unspecified atom stereocenters. The van der Waals surface area contributed by atoms with E-state index in [1.165, 1.54) is 6.07 Å². The number of para-hydroxylation sites is 1. The van der Waals surface area contributed by atoms with E-state index in [4.69, 9.17) is 0 Å². The number of anilines is 2. The van der Waals surface area contributed by atoms with Gasteiger partial charge in [0.1, 0.15) is 17.1 Å². The summed E-state index contributed by atoms with van der Waals surface area (Å²) in [6.07, 6.45) is -2.40. The number of rotatable bonds is 8. The molecule has 2 atom stereocenters. The van der Waals surface area contributed by atoms with E-state index in [0.717, 1.165) is 18.2 Å². The highest BCUT2D eigenvalue weighted by Crippen LogP contribution is 2.34. The first-order valence-electron chi connectivity index (χ1n) is 12.4. The predicted octanol–water partition coefficient (Wildman–Crippen LogP) is 5.84. The number of halogens is 5. The Morgan fingerprint density at radius 1 is 1.05 bits per heavy atom. The second-order valence-corrected chi connectivity index (χ2v) is 11.3. The van der Waals surface area contributed by atoms with E-state index in [1.807, 2.05) is 4.72 Å². The largest absolute Gasteiger partial charge is 0.433 e. The van der Waals surface area contributed by atoms with Crippen LogP contribution in [0.15, 0.2) is 42.5 Å². The van der Waals surface area contributed by atoms with Gasteiger partial charge in [-0.2, -0.15) is 13.2 Å². The molecule has 13 heteroatoms. The maximum atomic E-state index is 15.0. The van der Waals surface area contributed by atoms with E-state index in [-0.39, 0.29) is 35.8 Å². The minimum atomic E-state index is -4.64. The van der Waals surface area contributed by atoms with Crippen LogP contribution in [0.2, 0.25) is 0 Å². The first kappa shape index (κ1) is 28.5. The molecule has 1 aromatic heterocycles. The highest BCUT2D eigenvalue weighted by Gasteiger charge is 2.34. The summed E-state index contributed by atoms with van der Waals surface area (Å²) in [5, 5.41) is 6.23. The summed E-state index contributed by atoms with van der Waals surface area (Å²) in [5.74, 6) is -3.82. The Morgan fingerprint density at radius 3 is 2.49 bits per heavy atom. The van der Waals surface area contributed by atoms with Gasteiger partial charge in [-0.15, -0.1) is 0 Å². The van der Waals surface area contributed by atoms with Gasteiger partial charge >= 0.3 is 6.18 Å². The molecule has 1 aliphatic carbocycles. The highest BCUT2D eigenvalue weighted by atomic mass is 32.2. The first-order valence-corrected chi connectivity index (χ1v) is 14.1. The molecule has 1 saturated carbocycles. The van der Waals surface area contributed by atoms with Crippen LogP contribution < -0.4 is 15.4 Å². The molecule has 1 amide bonds. The fourth-order valence-corrected chi connectivity index (χ4v) is 5.83. The van der Waals surface area contributed by atoms with Gasteiger partial charge in [-0.05, 0) is 56.4 Å². The highest BCUT2D eigenvalue weighted by molar-refractivity contribution is 7.92. The Kier molecular flexibility index (Phi) is 8.28. The normalized spacial score (nSPS) is 18.1. The SMILES string of the molecule is CCCS(=O)(=O)Nc1ccc(F)c(C(=O)N[C@@H]2CCC[C@H](Nc3cc(C(F)(F)F)nc4ccccc34)C2)c1F. The number of aromatic nitrogens is 1. The quantitative estimate of drug-likeness (QED) is 0.296. The number of amides is 1. The molecular formula is C26H27F5N4O3S. The summed E-state index contributed by atoms with van der Waals surface area (Å²) in [7, 11) is -3.88. The van der Waals surface area contributed by atoms with Gasteiger partial charge in [-0.1, -0.05) is 25.1 Å². The van der Waals surface area contributed by atoms with Crippen LogP contribution >= 0.6 is 0 Å². The Morgan fingerprint density at radius 2 is 1.77 bits per heavy atom. The third kappa shape index (κ3) is 6.75. The topological polar surface area (TPSA) is 100 Å². The number of nitrogens with one attached hydrogen (secondary N) is 3. The van der Waals surface area contributed by atoms with Gasteiger partial charge in [0, 0.05) is 23.2 Å². The fourth-order valence-electron chi connectivity index (χ4n) is 4.70. The zero-order valence-electron chi connectivity index (χ0n) is 20.9. The van der Waals surface area contributed by atoms with Crippen molar-refractivity contribution in [3.8, 4) is 0 Å². The van der Waals surface area contributed by atoms with E-state index in [9.17, 15) is 30.8 Å². The Hall–Kier alpha value is -3.48. The second-order valence-electron chi connectivity index (χ2n) is 9.45. The molecule has 1 fully saturated rings. The number of carbonyl (C=O) groups excluding carboxylic acids is 1. The lowest BCUT2D eigenvalue weighted by molar-refractivity contribution is -0.140. The molecule has 0 radical (unpaired) electrons. The minimum Gasteiger partial charge on any atom is -0.382 e. The average Bonchev–Trinajstić information content (AvgIpc) is 2.85. The molecule has 3 aromatic rings. The van der Waals surface area contributed by atoms with Crippen LogP contribution in [0.5, 0.6) is 0 Å². The van der Waals surface area contributed by atoms with Crippen LogP contribution in [0.25, 0.3) is 10.9 Å². The monoisotopic (exact) mass is 570 g/mol. The van der Waals surface area contributed by atoms with E-state index in [1.54, 1.807) is 25.1 Å². The summed E-state index contributed by atoms with van der Waals surface area (Å²) in [6.45, 7) is 1.62. The third-order valence-electron chi connectivity index (χ3n) is 6.43. The third-order valence-corrected chi connectivity index (χ3v) is 7.91. The lowest BCUT2D eigenvalue weighted by atomic mass is 9.90. The van der Waals surface area contributed by atoms with Crippen molar-refractivity contribution in [1.29, 1.82) is 0 Å². The Labute approximate surface area is 222 Å². The maximum Gasteiger partial charge on any atom is 0.433 e. The maximum absolute atomic E-state index is 15.0. The average molecular weight is 571 g/mol. The smallest absolute Gasteiger partial charge is 0.382 e. The van der Waals surface area contributed by atoms with Crippen molar-refractivity contribution in [3.05, 3.63) is 65.4 Å². The van der Waals surface area contributed by atoms with Gasteiger partial charge in [-0.3, -0.25) is 9.52 Å². The molecule has 0 saturated heterocycles. The van der Waals surface area contributed by atoms with E-state index in [0.29, 0.717) is 24.6 Å². The number of pyridine rings is 1. The number of hydrogen-bond donors (Lipinski definition) is 3. The Bertz CT molecular complexity index is 1480. The van der Waals surface area contributed by atoms with E-state index in [2.05, 4.69) is 15.6 Å². The standard InChI is InChI=1S/C26H27F5N4O3S/c1-2-12-39(37,38)35-20-11-10-18(27)23(24(20)28)25(36)33-16-7-5-6-15(13-16)32-21-14-22(26(29,30)31)34-19-9-4-3-8-17(19)21/h3-4,8-11,14-16,35H,2,5-7,12-13H2,1H3,(H,32,34)(H,33,36)/t15-,16+/m0/s1. The lowest BCUT2D eigenvalue weighted by Crippen LogP contribution is -2.42. The summed E-state index contributed by atoms with van der Waals surface area (Å²) in [6, 6.07) is 8.21. The molecule has 0 spiro atoms. The fraction of sp³-hybridized carbons (Fsp3) is 0.385. The Balaban J connectivity index is 1.51. The number of carbonyl (C=O) groups is 1. The van der Waals surface area contributed by atoms with Crippen molar-refractivity contribution in [2.75, 3.05) is 15.8 Å². The number of alkyl halides is 3. The molecule has 39 heavy (non-hydrogen) atoms. The number of benzene rings is 2. The van der Waals surface area contributed by atoms with Gasteiger partial charge in [0.25, 0.3) is 5.91 Å². The molecule has 210 valence electrons. The van der Waals surface area contributed by atoms with Crippen LogP contribution in [0, 0.1) is 11.6 Å². The van der Waals surface area contributed by atoms with Crippen LogP contribution in [0.1, 0.15) is 55.1 Å². The van der Waals surface area contributed by atoms with Crippen molar-refractivity contribution in [3.63, 3.8) is 0 Å². The van der Waals surface area contributed by atoms with Gasteiger partial charge in [0.15, 0.2) is 5.82 Å². The number of fused-ring (bicyclic) bond motifs is 1. The minimum absolute atomic E-state index is 0.177. The van der Waals surface area contributed by atoms with Crippen LogP contribution in [-0.4, -0.2) is 37.1 Å². The molecule has 3 N–H and O–H groups in total. The van der Waals surface area contributed by atoms with E-state index < -0.39 is 56.7 Å². The molecule has 0 aliphatic heterocycles. The van der Waals surface area contributed by atoms with Gasteiger partial charge in [0.2, 0.25) is 10.0 Å². The predicted molar refractivity (Wildman–Crippen MR) is 138 cm³/mol. The van der Waals surface area contributed by atoms with Gasteiger partial charge in [-0.25, -0.2) is 22.2 Å². The van der Waals surface area contributed by atoms with Crippen molar-refractivity contribution < 1.29 is 35.2 Å². The molecule has 1 heterocycles. The van der Waals surface area contributed by atoms with Crippen LogP contribution in [0.3, 0.4) is 0 Å². The lowest BCUT2D eigenvalue weighted by Gasteiger charge is -2.31. The molecule has 1 aliphatic rings.